The number of amides is 1. The first-order valence-electron chi connectivity index (χ1n) is 7.62. The van der Waals surface area contributed by atoms with Crippen LogP contribution in [-0.2, 0) is 4.79 Å². The Bertz CT molecular complexity index is 492. The Hall–Kier alpha value is -1.62. The predicted octanol–water partition coefficient (Wildman–Crippen LogP) is 2.86. The number of rotatable bonds is 5. The van der Waals surface area contributed by atoms with E-state index in [0.717, 1.165) is 32.0 Å². The molecular formula is C16H24FN3O. The van der Waals surface area contributed by atoms with E-state index in [1.54, 1.807) is 0 Å². The lowest BCUT2D eigenvalue weighted by Gasteiger charge is -2.30. The Morgan fingerprint density at radius 3 is 3.10 bits per heavy atom. The Kier molecular flexibility index (Phi) is 5.56. The van der Waals surface area contributed by atoms with Crippen molar-refractivity contribution in [3.63, 3.8) is 0 Å². The molecular weight excluding hydrogens is 269 g/mol. The zero-order chi connectivity index (χ0) is 15.2. The Labute approximate surface area is 125 Å². The van der Waals surface area contributed by atoms with Gasteiger partial charge in [-0.05, 0) is 56.5 Å². The molecule has 1 aliphatic rings. The summed E-state index contributed by atoms with van der Waals surface area (Å²) in [6.45, 7) is 5.43. The molecule has 2 rings (SSSR count). The second-order valence-corrected chi connectivity index (χ2v) is 5.94. The van der Waals surface area contributed by atoms with E-state index in [1.165, 1.54) is 31.0 Å². The minimum Gasteiger partial charge on any atom is -0.399 e. The van der Waals surface area contributed by atoms with Crippen LogP contribution in [0.1, 0.15) is 32.6 Å². The van der Waals surface area contributed by atoms with Crippen LogP contribution in [0.15, 0.2) is 18.2 Å². The maximum absolute atomic E-state index is 13.5. The largest absolute Gasteiger partial charge is 0.399 e. The molecule has 1 saturated heterocycles. The van der Waals surface area contributed by atoms with Crippen LogP contribution in [0.2, 0.25) is 0 Å². The molecule has 3 N–H and O–H groups in total. The van der Waals surface area contributed by atoms with Crippen LogP contribution in [0.25, 0.3) is 0 Å². The number of hydrogen-bond acceptors (Lipinski definition) is 3. The summed E-state index contributed by atoms with van der Waals surface area (Å²) in [5, 5.41) is 2.59. The standard InChI is InChI=1S/C16H24FN3O/c1-12-4-2-8-20(11-12)9-3-5-16(21)19-15-10-13(18)6-7-14(15)17/h6-7,10,12H,2-5,8-9,11,18H2,1H3,(H,19,21). The van der Waals surface area contributed by atoms with E-state index in [0.29, 0.717) is 12.1 Å². The second-order valence-electron chi connectivity index (χ2n) is 5.94. The molecule has 0 bridgehead atoms. The van der Waals surface area contributed by atoms with Gasteiger partial charge in [0.05, 0.1) is 5.69 Å². The topological polar surface area (TPSA) is 58.4 Å². The number of nitrogens with one attached hydrogen (secondary N) is 1. The SMILES string of the molecule is CC1CCCN(CCCC(=O)Nc2cc(N)ccc2F)C1. The molecule has 1 unspecified atom stereocenters. The highest BCUT2D eigenvalue weighted by Gasteiger charge is 2.16. The molecule has 0 radical (unpaired) electrons. The van der Waals surface area contributed by atoms with Gasteiger partial charge in [0, 0.05) is 18.7 Å². The van der Waals surface area contributed by atoms with Crippen molar-refractivity contribution >= 4 is 17.3 Å². The van der Waals surface area contributed by atoms with Gasteiger partial charge in [-0.15, -0.1) is 0 Å². The molecule has 1 heterocycles. The van der Waals surface area contributed by atoms with Crippen LogP contribution >= 0.6 is 0 Å². The number of likely N-dealkylation sites (tertiary alicyclic amines) is 1. The molecule has 1 fully saturated rings. The molecule has 0 saturated carbocycles. The zero-order valence-electron chi connectivity index (χ0n) is 12.6. The fourth-order valence-corrected chi connectivity index (χ4v) is 2.80. The average molecular weight is 293 g/mol. The number of benzene rings is 1. The summed E-state index contributed by atoms with van der Waals surface area (Å²) in [4.78, 5) is 14.3. The number of piperidine rings is 1. The van der Waals surface area contributed by atoms with E-state index in [-0.39, 0.29) is 11.6 Å². The number of hydrogen-bond donors (Lipinski definition) is 2. The van der Waals surface area contributed by atoms with Crippen molar-refractivity contribution in [2.24, 2.45) is 5.92 Å². The van der Waals surface area contributed by atoms with Gasteiger partial charge in [0.2, 0.25) is 5.91 Å². The highest BCUT2D eigenvalue weighted by molar-refractivity contribution is 5.91. The first-order valence-corrected chi connectivity index (χ1v) is 7.62. The van der Waals surface area contributed by atoms with Gasteiger partial charge in [-0.25, -0.2) is 4.39 Å². The van der Waals surface area contributed by atoms with Crippen molar-refractivity contribution < 1.29 is 9.18 Å². The van der Waals surface area contributed by atoms with Gasteiger partial charge in [-0.1, -0.05) is 6.92 Å². The summed E-state index contributed by atoms with van der Waals surface area (Å²) in [5.41, 5.74) is 6.19. The van der Waals surface area contributed by atoms with Gasteiger partial charge < -0.3 is 16.0 Å². The lowest BCUT2D eigenvalue weighted by Crippen LogP contribution is -2.35. The normalized spacial score (nSPS) is 19.4. The van der Waals surface area contributed by atoms with Crippen molar-refractivity contribution in [3.05, 3.63) is 24.0 Å². The van der Waals surface area contributed by atoms with Gasteiger partial charge in [0.15, 0.2) is 0 Å². The number of anilines is 2. The van der Waals surface area contributed by atoms with Gasteiger partial charge in [-0.2, -0.15) is 0 Å². The third kappa shape index (κ3) is 5.01. The summed E-state index contributed by atoms with van der Waals surface area (Å²) >= 11 is 0. The van der Waals surface area contributed by atoms with Gasteiger partial charge in [0.1, 0.15) is 5.82 Å². The number of carbonyl (C=O) groups is 1. The molecule has 0 aliphatic carbocycles. The van der Waals surface area contributed by atoms with Gasteiger partial charge in [0.25, 0.3) is 0 Å². The molecule has 21 heavy (non-hydrogen) atoms. The number of halogens is 1. The first kappa shape index (κ1) is 15.8. The number of carbonyl (C=O) groups excluding carboxylic acids is 1. The number of nitrogens with two attached hydrogens (primary N) is 1. The van der Waals surface area contributed by atoms with Crippen LogP contribution in [0.4, 0.5) is 15.8 Å². The van der Waals surface area contributed by atoms with Crippen LogP contribution in [0, 0.1) is 11.7 Å². The van der Waals surface area contributed by atoms with Crippen molar-refractivity contribution in [2.45, 2.75) is 32.6 Å². The molecule has 5 heteroatoms. The summed E-state index contributed by atoms with van der Waals surface area (Å²) in [6.07, 6.45) is 3.73. The minimum absolute atomic E-state index is 0.159. The molecule has 0 aromatic heterocycles. The molecule has 0 spiro atoms. The van der Waals surface area contributed by atoms with E-state index < -0.39 is 5.82 Å². The fourth-order valence-electron chi connectivity index (χ4n) is 2.80. The summed E-state index contributed by atoms with van der Waals surface area (Å²) < 4.78 is 13.5. The quantitative estimate of drug-likeness (QED) is 0.821. The van der Waals surface area contributed by atoms with Crippen LogP contribution in [-0.4, -0.2) is 30.4 Å². The molecule has 1 amide bonds. The zero-order valence-corrected chi connectivity index (χ0v) is 12.6. The molecule has 1 aromatic carbocycles. The van der Waals surface area contributed by atoms with Crippen LogP contribution < -0.4 is 11.1 Å². The van der Waals surface area contributed by atoms with Gasteiger partial charge >= 0.3 is 0 Å². The Morgan fingerprint density at radius 2 is 2.33 bits per heavy atom. The van der Waals surface area contributed by atoms with E-state index in [1.807, 2.05) is 0 Å². The van der Waals surface area contributed by atoms with Gasteiger partial charge in [-0.3, -0.25) is 4.79 Å². The highest BCUT2D eigenvalue weighted by atomic mass is 19.1. The second kappa shape index (κ2) is 7.41. The van der Waals surface area contributed by atoms with Crippen LogP contribution in [0.3, 0.4) is 0 Å². The van der Waals surface area contributed by atoms with Crippen molar-refractivity contribution in [2.75, 3.05) is 30.7 Å². The minimum atomic E-state index is -0.456. The Morgan fingerprint density at radius 1 is 1.52 bits per heavy atom. The van der Waals surface area contributed by atoms with Crippen molar-refractivity contribution in [1.82, 2.24) is 4.90 Å². The summed E-state index contributed by atoms with van der Waals surface area (Å²) in [6, 6.07) is 4.18. The predicted molar refractivity (Wildman–Crippen MR) is 83.5 cm³/mol. The number of nitrogens with zero attached hydrogens (tertiary/aromatic N) is 1. The Balaban J connectivity index is 1.73. The monoisotopic (exact) mass is 293 g/mol. The summed E-state index contributed by atoms with van der Waals surface area (Å²) in [5.74, 6) is 0.126. The van der Waals surface area contributed by atoms with Crippen molar-refractivity contribution in [3.8, 4) is 0 Å². The fraction of sp³-hybridized carbons (Fsp3) is 0.562. The van der Waals surface area contributed by atoms with Crippen molar-refractivity contribution in [1.29, 1.82) is 0 Å². The molecule has 1 atom stereocenters. The third-order valence-corrected chi connectivity index (χ3v) is 3.88. The van der Waals surface area contributed by atoms with E-state index >= 15 is 0 Å². The third-order valence-electron chi connectivity index (χ3n) is 3.88. The van der Waals surface area contributed by atoms with E-state index in [9.17, 15) is 9.18 Å². The smallest absolute Gasteiger partial charge is 0.224 e. The first-order chi connectivity index (χ1) is 10.0. The lowest BCUT2D eigenvalue weighted by atomic mass is 10.0. The maximum atomic E-state index is 13.5. The van der Waals surface area contributed by atoms with E-state index in [2.05, 4.69) is 17.1 Å². The summed E-state index contributed by atoms with van der Waals surface area (Å²) in [7, 11) is 0. The molecule has 1 aromatic rings. The molecule has 1 aliphatic heterocycles. The maximum Gasteiger partial charge on any atom is 0.224 e. The molecule has 116 valence electrons. The number of nitrogen functional groups attached to an aromatic ring is 1. The van der Waals surface area contributed by atoms with E-state index in [4.69, 9.17) is 5.73 Å². The lowest BCUT2D eigenvalue weighted by molar-refractivity contribution is -0.116. The highest BCUT2D eigenvalue weighted by Crippen LogP contribution is 2.18. The van der Waals surface area contributed by atoms with Crippen LogP contribution in [0.5, 0.6) is 0 Å². The average Bonchev–Trinajstić information content (AvgIpc) is 2.43. The molecule has 4 nitrogen and oxygen atoms in total.